The molecule has 1 fully saturated rings. The molecule has 8 nitrogen and oxygen atoms in total. The van der Waals surface area contributed by atoms with Crippen LogP contribution in [0.2, 0.25) is 0 Å². The van der Waals surface area contributed by atoms with Crippen LogP contribution in [-0.4, -0.2) is 43.0 Å². The molecule has 0 radical (unpaired) electrons. The van der Waals surface area contributed by atoms with Crippen LogP contribution in [-0.2, 0) is 20.5 Å². The van der Waals surface area contributed by atoms with E-state index in [2.05, 4.69) is 5.32 Å². The highest BCUT2D eigenvalue weighted by molar-refractivity contribution is 5.81. The number of nitrogens with one attached hydrogen (secondary N) is 1. The Morgan fingerprint density at radius 1 is 1.31 bits per heavy atom. The molecule has 1 aromatic carbocycles. The van der Waals surface area contributed by atoms with Crippen LogP contribution in [0.15, 0.2) is 18.2 Å². The molecule has 1 heterocycles. The Kier molecular flexibility index (Phi) is 7.40. The molecule has 1 N–H and O–H groups in total. The fourth-order valence-corrected chi connectivity index (χ4v) is 3.04. The third-order valence-electron chi connectivity index (χ3n) is 4.59. The van der Waals surface area contributed by atoms with E-state index in [1.165, 1.54) is 0 Å². The molecule has 1 amide bonds. The van der Waals surface area contributed by atoms with Crippen molar-refractivity contribution in [2.45, 2.75) is 32.4 Å². The number of hydrogen-bond donors (Lipinski definition) is 1. The third-order valence-corrected chi connectivity index (χ3v) is 4.59. The lowest BCUT2D eigenvalue weighted by Gasteiger charge is -2.32. The van der Waals surface area contributed by atoms with Crippen molar-refractivity contribution >= 4 is 23.3 Å². The average molecular weight is 417 g/mol. The Morgan fingerprint density at radius 3 is 2.52 bits per heavy atom. The Labute approximate surface area is 165 Å². The van der Waals surface area contributed by atoms with Crippen molar-refractivity contribution in [3.8, 4) is 0 Å². The van der Waals surface area contributed by atoms with Crippen molar-refractivity contribution in [3.63, 3.8) is 0 Å². The molecule has 0 aromatic heterocycles. The molecule has 0 aliphatic carbocycles. The first-order valence-electron chi connectivity index (χ1n) is 9.17. The van der Waals surface area contributed by atoms with Crippen molar-refractivity contribution in [2.75, 3.05) is 31.1 Å². The zero-order valence-electron chi connectivity index (χ0n) is 15.8. The lowest BCUT2D eigenvalue weighted by molar-refractivity contribution is -0.384. The number of carbonyl (C=O) groups excluding carboxylic acids is 2. The molecule has 0 bridgehead atoms. The van der Waals surface area contributed by atoms with Crippen molar-refractivity contribution in [3.05, 3.63) is 33.9 Å². The van der Waals surface area contributed by atoms with Crippen LogP contribution in [0.5, 0.6) is 0 Å². The molecule has 11 heteroatoms. The van der Waals surface area contributed by atoms with Crippen molar-refractivity contribution in [2.24, 2.45) is 5.92 Å². The monoisotopic (exact) mass is 417 g/mol. The first-order chi connectivity index (χ1) is 13.6. The summed E-state index contributed by atoms with van der Waals surface area (Å²) in [5, 5.41) is 13.8. The number of carbonyl (C=O) groups is 2. The molecular formula is C18H22F3N3O5. The van der Waals surface area contributed by atoms with Crippen LogP contribution in [0.3, 0.4) is 0 Å². The molecule has 0 atom stereocenters. The van der Waals surface area contributed by atoms with E-state index in [4.69, 9.17) is 4.74 Å². The van der Waals surface area contributed by atoms with Gasteiger partial charge in [0.2, 0.25) is 0 Å². The second-order valence-electron chi connectivity index (χ2n) is 6.68. The average Bonchev–Trinajstić information content (AvgIpc) is 2.69. The number of ether oxygens (including phenoxy) is 1. The number of piperidine rings is 1. The van der Waals surface area contributed by atoms with Gasteiger partial charge in [-0.25, -0.2) is 0 Å². The van der Waals surface area contributed by atoms with E-state index >= 15 is 0 Å². The molecule has 0 saturated carbocycles. The maximum Gasteiger partial charge on any atom is 0.416 e. The Hall–Kier alpha value is -2.85. The van der Waals surface area contributed by atoms with Gasteiger partial charge in [-0.05, 0) is 31.4 Å². The number of halogens is 3. The van der Waals surface area contributed by atoms with E-state index in [1.54, 1.807) is 4.90 Å². The van der Waals surface area contributed by atoms with E-state index in [-0.39, 0.29) is 25.4 Å². The van der Waals surface area contributed by atoms with Crippen LogP contribution in [0.25, 0.3) is 0 Å². The van der Waals surface area contributed by atoms with Gasteiger partial charge in [0.25, 0.3) is 11.6 Å². The molecule has 160 valence electrons. The number of nitro groups is 1. The maximum absolute atomic E-state index is 12.8. The van der Waals surface area contributed by atoms with E-state index in [0.717, 1.165) is 18.6 Å². The zero-order valence-corrected chi connectivity index (χ0v) is 15.8. The first-order valence-corrected chi connectivity index (χ1v) is 9.17. The Balaban J connectivity index is 1.97. The first kappa shape index (κ1) is 22.4. The maximum atomic E-state index is 12.8. The molecule has 1 aromatic rings. The van der Waals surface area contributed by atoms with Gasteiger partial charge in [0, 0.05) is 25.7 Å². The van der Waals surface area contributed by atoms with Gasteiger partial charge in [-0.2, -0.15) is 13.2 Å². The van der Waals surface area contributed by atoms with Gasteiger partial charge in [-0.15, -0.1) is 0 Å². The number of anilines is 1. The van der Waals surface area contributed by atoms with Crippen LogP contribution >= 0.6 is 0 Å². The summed E-state index contributed by atoms with van der Waals surface area (Å²) in [6.45, 7) is 2.49. The van der Waals surface area contributed by atoms with Crippen LogP contribution in [0, 0.1) is 16.0 Å². The van der Waals surface area contributed by atoms with Gasteiger partial charge < -0.3 is 15.0 Å². The molecule has 0 spiro atoms. The Morgan fingerprint density at radius 2 is 1.97 bits per heavy atom. The predicted molar refractivity (Wildman–Crippen MR) is 97.3 cm³/mol. The Bertz CT molecular complexity index is 762. The zero-order chi connectivity index (χ0) is 21.6. The molecule has 29 heavy (non-hydrogen) atoms. The van der Waals surface area contributed by atoms with Crippen LogP contribution < -0.4 is 10.2 Å². The molecule has 0 unspecified atom stereocenters. The summed E-state index contributed by atoms with van der Waals surface area (Å²) in [5.41, 5.74) is -1.64. The number of hydrogen-bond acceptors (Lipinski definition) is 6. The topological polar surface area (TPSA) is 102 Å². The summed E-state index contributed by atoms with van der Waals surface area (Å²) in [6, 6.07) is 2.40. The lowest BCUT2D eigenvalue weighted by Crippen LogP contribution is -2.38. The highest BCUT2D eigenvalue weighted by Gasteiger charge is 2.35. The second kappa shape index (κ2) is 9.57. The van der Waals surface area contributed by atoms with E-state index in [1.807, 2.05) is 6.92 Å². The van der Waals surface area contributed by atoms with Gasteiger partial charge in [0.05, 0.1) is 16.4 Å². The number of alkyl halides is 3. The second-order valence-corrected chi connectivity index (χ2v) is 6.68. The molecule has 1 aliphatic heterocycles. The van der Waals surface area contributed by atoms with E-state index in [9.17, 15) is 32.9 Å². The van der Waals surface area contributed by atoms with Gasteiger partial charge in [0.15, 0.2) is 6.61 Å². The fourth-order valence-electron chi connectivity index (χ4n) is 3.04. The summed E-state index contributed by atoms with van der Waals surface area (Å²) in [4.78, 5) is 35.6. The van der Waals surface area contributed by atoms with E-state index in [0.29, 0.717) is 25.5 Å². The van der Waals surface area contributed by atoms with Gasteiger partial charge >= 0.3 is 12.1 Å². The van der Waals surface area contributed by atoms with Gasteiger partial charge in [-0.1, -0.05) is 6.92 Å². The fraction of sp³-hybridized carbons (Fsp3) is 0.556. The third kappa shape index (κ3) is 6.06. The number of nitro benzene ring substituents is 1. The predicted octanol–water partition coefficient (Wildman–Crippen LogP) is 2.90. The summed E-state index contributed by atoms with van der Waals surface area (Å²) >= 11 is 0. The minimum atomic E-state index is -4.68. The number of nitrogens with zero attached hydrogens (tertiary/aromatic N) is 2. The highest BCUT2D eigenvalue weighted by atomic mass is 19.4. The van der Waals surface area contributed by atoms with E-state index < -0.39 is 40.1 Å². The largest absolute Gasteiger partial charge is 0.455 e. The number of benzene rings is 1. The quantitative estimate of drug-likeness (QED) is 0.416. The number of rotatable bonds is 7. The van der Waals surface area contributed by atoms with Gasteiger partial charge in [0.1, 0.15) is 5.69 Å². The standard InChI is InChI=1S/C18H22F3N3O5/c1-2-7-22-16(25)11-29-17(26)12-5-8-23(9-6-12)14-4-3-13(18(19,20)21)10-15(14)24(27)28/h3-4,10,12H,2,5-9,11H2,1H3,(H,22,25). The van der Waals surface area contributed by atoms with Crippen molar-refractivity contribution < 1.29 is 32.4 Å². The summed E-state index contributed by atoms with van der Waals surface area (Å²) in [7, 11) is 0. The summed E-state index contributed by atoms with van der Waals surface area (Å²) in [6.07, 6.45) is -3.29. The van der Waals surface area contributed by atoms with Crippen LogP contribution in [0.4, 0.5) is 24.5 Å². The summed E-state index contributed by atoms with van der Waals surface area (Å²) in [5.74, 6) is -1.39. The number of amides is 1. The van der Waals surface area contributed by atoms with Crippen LogP contribution in [0.1, 0.15) is 31.7 Å². The highest BCUT2D eigenvalue weighted by Crippen LogP contribution is 2.37. The molecule has 1 saturated heterocycles. The van der Waals surface area contributed by atoms with Crippen molar-refractivity contribution in [1.82, 2.24) is 5.32 Å². The minimum absolute atomic E-state index is 0.0776. The normalized spacial score (nSPS) is 15.1. The van der Waals surface area contributed by atoms with Crippen molar-refractivity contribution in [1.29, 1.82) is 0 Å². The molecular weight excluding hydrogens is 395 g/mol. The molecule has 2 rings (SSSR count). The van der Waals surface area contributed by atoms with Gasteiger partial charge in [-0.3, -0.25) is 19.7 Å². The lowest BCUT2D eigenvalue weighted by atomic mass is 9.96. The molecule has 1 aliphatic rings. The SMILES string of the molecule is CCCNC(=O)COC(=O)C1CCN(c2ccc(C(F)(F)F)cc2[N+](=O)[O-])CC1. The minimum Gasteiger partial charge on any atom is -0.455 e. The summed E-state index contributed by atoms with van der Waals surface area (Å²) < 4.78 is 43.5. The smallest absolute Gasteiger partial charge is 0.416 e. The number of esters is 1.